The molecule has 0 unspecified atom stereocenters. The molecule has 0 saturated carbocycles. The minimum Gasteiger partial charge on any atom is -0.408 e. The van der Waals surface area contributed by atoms with Gasteiger partial charge in [-0.3, -0.25) is 14.3 Å². The van der Waals surface area contributed by atoms with Crippen LogP contribution < -0.4 is 11.1 Å². The summed E-state index contributed by atoms with van der Waals surface area (Å²) in [5, 5.41) is 3.00. The lowest BCUT2D eigenvalue weighted by atomic mass is 9.99. The number of rotatable bonds is 10. The Labute approximate surface area is 211 Å². The third kappa shape index (κ3) is 5.88. The first-order valence-electron chi connectivity index (χ1n) is 12.4. The van der Waals surface area contributed by atoms with Gasteiger partial charge in [0.15, 0.2) is 5.58 Å². The van der Waals surface area contributed by atoms with E-state index in [1.165, 1.54) is 26.6 Å². The van der Waals surface area contributed by atoms with E-state index in [0.29, 0.717) is 31.4 Å². The van der Waals surface area contributed by atoms with Crippen molar-refractivity contribution in [2.75, 3.05) is 32.7 Å². The van der Waals surface area contributed by atoms with Crippen LogP contribution in [0.3, 0.4) is 0 Å². The Morgan fingerprint density at radius 1 is 1.19 bits per heavy atom. The quantitative estimate of drug-likeness (QED) is 0.417. The number of benzene rings is 2. The third-order valence-corrected chi connectivity index (χ3v) is 8.66. The van der Waals surface area contributed by atoms with Gasteiger partial charge in [0.05, 0.1) is 16.3 Å². The maximum Gasteiger partial charge on any atom is 0.419 e. The number of amides is 1. The van der Waals surface area contributed by atoms with Crippen LogP contribution in [0.15, 0.2) is 62.6 Å². The summed E-state index contributed by atoms with van der Waals surface area (Å²) < 4.78 is 34.4. The Balaban J connectivity index is 1.30. The van der Waals surface area contributed by atoms with E-state index in [1.807, 2.05) is 18.2 Å². The van der Waals surface area contributed by atoms with Gasteiger partial charge >= 0.3 is 5.76 Å². The SMILES string of the molecule is CCN(CCCNC(=O)[C@@H]1CCCN(S(=O)(=O)c2ccc3c(c2)oc(=O)n3C)C1)Cc1ccccc1. The summed E-state index contributed by atoms with van der Waals surface area (Å²) in [4.78, 5) is 27.0. The highest BCUT2D eigenvalue weighted by Crippen LogP contribution is 2.26. The largest absolute Gasteiger partial charge is 0.419 e. The fraction of sp³-hybridized carbons (Fsp3) is 0.462. The molecule has 2 aromatic carbocycles. The summed E-state index contributed by atoms with van der Waals surface area (Å²) >= 11 is 0. The highest BCUT2D eigenvalue weighted by molar-refractivity contribution is 7.89. The Morgan fingerprint density at radius 2 is 1.97 bits per heavy atom. The maximum atomic E-state index is 13.3. The van der Waals surface area contributed by atoms with E-state index in [0.717, 1.165) is 26.1 Å². The molecule has 2 heterocycles. The van der Waals surface area contributed by atoms with Crippen molar-refractivity contribution in [3.63, 3.8) is 0 Å². The zero-order valence-electron chi connectivity index (χ0n) is 20.9. The predicted molar refractivity (Wildman–Crippen MR) is 138 cm³/mol. The first-order valence-corrected chi connectivity index (χ1v) is 13.9. The molecule has 4 rings (SSSR count). The van der Waals surface area contributed by atoms with Crippen LogP contribution in [0.2, 0.25) is 0 Å². The Bertz CT molecular complexity index is 1350. The van der Waals surface area contributed by atoms with Gasteiger partial charge in [-0.2, -0.15) is 4.31 Å². The molecule has 9 nitrogen and oxygen atoms in total. The van der Waals surface area contributed by atoms with Crippen molar-refractivity contribution in [2.24, 2.45) is 13.0 Å². The monoisotopic (exact) mass is 514 g/mol. The lowest BCUT2D eigenvalue weighted by Crippen LogP contribution is -2.45. The lowest BCUT2D eigenvalue weighted by molar-refractivity contribution is -0.126. The molecule has 1 amide bonds. The number of aryl methyl sites for hydroxylation is 1. The lowest BCUT2D eigenvalue weighted by Gasteiger charge is -2.31. The van der Waals surface area contributed by atoms with Gasteiger partial charge in [-0.05, 0) is 43.5 Å². The van der Waals surface area contributed by atoms with Crippen LogP contribution in [0, 0.1) is 5.92 Å². The molecule has 10 heteroatoms. The van der Waals surface area contributed by atoms with Gasteiger partial charge in [0, 0.05) is 45.8 Å². The number of carbonyl (C=O) groups is 1. The number of fused-ring (bicyclic) bond motifs is 1. The van der Waals surface area contributed by atoms with Gasteiger partial charge in [0.2, 0.25) is 15.9 Å². The first kappa shape index (κ1) is 26.1. The van der Waals surface area contributed by atoms with Gasteiger partial charge in [0.25, 0.3) is 0 Å². The highest BCUT2D eigenvalue weighted by Gasteiger charge is 2.33. The topological polar surface area (TPSA) is 105 Å². The number of hydrogen-bond acceptors (Lipinski definition) is 6. The number of hydrogen-bond donors (Lipinski definition) is 1. The number of piperidine rings is 1. The first-order chi connectivity index (χ1) is 17.3. The van der Waals surface area contributed by atoms with Gasteiger partial charge in [-0.25, -0.2) is 13.2 Å². The molecule has 194 valence electrons. The Kier molecular flexibility index (Phi) is 8.28. The van der Waals surface area contributed by atoms with E-state index in [-0.39, 0.29) is 22.9 Å². The van der Waals surface area contributed by atoms with Gasteiger partial charge < -0.3 is 9.73 Å². The zero-order valence-corrected chi connectivity index (χ0v) is 21.7. The summed E-state index contributed by atoms with van der Waals surface area (Å²) in [6.45, 7) is 5.84. The van der Waals surface area contributed by atoms with E-state index in [2.05, 4.69) is 29.3 Å². The molecule has 1 N–H and O–H groups in total. The van der Waals surface area contributed by atoms with Crippen LogP contribution >= 0.6 is 0 Å². The van der Waals surface area contributed by atoms with Crippen LogP contribution in [-0.2, 0) is 28.4 Å². The molecule has 3 aromatic rings. The van der Waals surface area contributed by atoms with Crippen molar-refractivity contribution < 1.29 is 17.6 Å². The molecular weight excluding hydrogens is 480 g/mol. The molecule has 0 radical (unpaired) electrons. The number of aromatic nitrogens is 1. The summed E-state index contributed by atoms with van der Waals surface area (Å²) in [7, 11) is -2.25. The standard InChI is InChI=1S/C26H34N4O5S/c1-3-29(18-20-9-5-4-6-10-20)15-8-14-27-25(31)21-11-7-16-30(19-21)36(33,34)22-12-13-23-24(17-22)35-26(32)28(23)2/h4-6,9-10,12-13,17,21H,3,7-8,11,14-16,18-19H2,1-2H3,(H,27,31)/t21-/m1/s1. The molecule has 1 aliphatic heterocycles. The van der Waals surface area contributed by atoms with Crippen LogP contribution in [0.4, 0.5) is 0 Å². The van der Waals surface area contributed by atoms with Crippen LogP contribution in [0.5, 0.6) is 0 Å². The molecule has 1 saturated heterocycles. The summed E-state index contributed by atoms with van der Waals surface area (Å²) in [5.41, 5.74) is 2.02. The maximum absolute atomic E-state index is 13.3. The fourth-order valence-electron chi connectivity index (χ4n) is 4.65. The molecule has 0 spiro atoms. The molecule has 1 aliphatic rings. The van der Waals surface area contributed by atoms with Crippen molar-refractivity contribution in [2.45, 2.75) is 37.6 Å². The van der Waals surface area contributed by atoms with Crippen molar-refractivity contribution in [3.05, 3.63) is 64.6 Å². The number of carbonyl (C=O) groups excluding carboxylic acids is 1. The fourth-order valence-corrected chi connectivity index (χ4v) is 6.19. The Morgan fingerprint density at radius 3 is 2.72 bits per heavy atom. The van der Waals surface area contributed by atoms with E-state index in [1.54, 1.807) is 13.1 Å². The van der Waals surface area contributed by atoms with E-state index >= 15 is 0 Å². The summed E-state index contributed by atoms with van der Waals surface area (Å²) in [5.74, 6) is -1.04. The second-order valence-electron chi connectivity index (χ2n) is 9.26. The molecule has 0 bridgehead atoms. The highest BCUT2D eigenvalue weighted by atomic mass is 32.2. The minimum absolute atomic E-state index is 0.0588. The van der Waals surface area contributed by atoms with E-state index in [9.17, 15) is 18.0 Å². The van der Waals surface area contributed by atoms with Crippen molar-refractivity contribution in [1.29, 1.82) is 0 Å². The molecule has 1 aromatic heterocycles. The van der Waals surface area contributed by atoms with Crippen molar-refractivity contribution in [1.82, 2.24) is 19.1 Å². The third-order valence-electron chi connectivity index (χ3n) is 6.80. The van der Waals surface area contributed by atoms with Crippen molar-refractivity contribution >= 4 is 27.0 Å². The zero-order chi connectivity index (χ0) is 25.7. The average Bonchev–Trinajstić information content (AvgIpc) is 3.18. The van der Waals surface area contributed by atoms with Crippen LogP contribution in [0.25, 0.3) is 11.1 Å². The van der Waals surface area contributed by atoms with Crippen LogP contribution in [-0.4, -0.2) is 60.8 Å². The molecule has 36 heavy (non-hydrogen) atoms. The van der Waals surface area contributed by atoms with Gasteiger partial charge in [0.1, 0.15) is 0 Å². The smallest absolute Gasteiger partial charge is 0.408 e. The number of nitrogens with one attached hydrogen (secondary N) is 1. The van der Waals surface area contributed by atoms with Crippen LogP contribution in [0.1, 0.15) is 31.7 Å². The molecular formula is C26H34N4O5S. The number of oxazole rings is 1. The van der Waals surface area contributed by atoms with E-state index in [4.69, 9.17) is 4.42 Å². The molecule has 0 aliphatic carbocycles. The second-order valence-corrected chi connectivity index (χ2v) is 11.2. The van der Waals surface area contributed by atoms with Gasteiger partial charge in [-0.1, -0.05) is 37.3 Å². The molecule has 1 fully saturated rings. The van der Waals surface area contributed by atoms with Gasteiger partial charge in [-0.15, -0.1) is 0 Å². The summed E-state index contributed by atoms with van der Waals surface area (Å²) in [6.07, 6.45) is 2.09. The van der Waals surface area contributed by atoms with E-state index < -0.39 is 21.7 Å². The Hall–Kier alpha value is -2.95. The minimum atomic E-state index is -3.82. The normalized spacial score (nSPS) is 17.0. The number of nitrogens with zero attached hydrogens (tertiary/aromatic N) is 3. The predicted octanol–water partition coefficient (Wildman–Crippen LogP) is 2.56. The van der Waals surface area contributed by atoms with Crippen molar-refractivity contribution in [3.8, 4) is 0 Å². The second kappa shape index (κ2) is 11.4. The average molecular weight is 515 g/mol. The number of sulfonamides is 1. The summed E-state index contributed by atoms with van der Waals surface area (Å²) in [6, 6.07) is 14.7. The molecule has 1 atom stereocenters.